The largest absolute Gasteiger partial charge is 0.404 e. The first kappa shape index (κ1) is 38.6. The SMILES string of the molecule is Cc1cc(F)c(-c2cc(F)c(C(F)F)c(Cl)c2)cc1C(SC(c1cc(-c2cc(F)c(C(F)F)c(Cl)c2)c(F)cc1C)C(F)(F)F)C(F)(F)F. The van der Waals surface area contributed by atoms with Gasteiger partial charge in [0.2, 0.25) is 0 Å². The highest BCUT2D eigenvalue weighted by atomic mass is 35.5. The van der Waals surface area contributed by atoms with Gasteiger partial charge in [-0.2, -0.15) is 26.3 Å². The van der Waals surface area contributed by atoms with Crippen LogP contribution in [0.25, 0.3) is 22.3 Å². The summed E-state index contributed by atoms with van der Waals surface area (Å²) in [5.74, 6) is -5.79. The average Bonchev–Trinajstić information content (AvgIpc) is 2.92. The number of halogens is 16. The van der Waals surface area contributed by atoms with Crippen molar-refractivity contribution in [2.24, 2.45) is 0 Å². The minimum atomic E-state index is -5.48. The molecule has 0 fully saturated rings. The first-order valence-electron chi connectivity index (χ1n) is 13.5. The molecule has 0 spiro atoms. The van der Waals surface area contributed by atoms with Crippen molar-refractivity contribution in [2.45, 2.75) is 49.6 Å². The van der Waals surface area contributed by atoms with E-state index in [9.17, 15) is 52.7 Å². The summed E-state index contributed by atoms with van der Waals surface area (Å²) in [5, 5.41) is -7.94. The van der Waals surface area contributed by atoms with Crippen molar-refractivity contribution in [3.8, 4) is 22.3 Å². The summed E-state index contributed by atoms with van der Waals surface area (Å²) in [4.78, 5) is 0. The quantitative estimate of drug-likeness (QED) is 0.161. The van der Waals surface area contributed by atoms with Crippen LogP contribution in [-0.2, 0) is 0 Å². The molecule has 0 aromatic heterocycles. The Balaban J connectivity index is 1.89. The van der Waals surface area contributed by atoms with E-state index in [1.807, 2.05) is 0 Å². The van der Waals surface area contributed by atoms with Crippen LogP contribution in [0, 0.1) is 37.1 Å². The molecule has 0 radical (unpaired) electrons. The van der Waals surface area contributed by atoms with Gasteiger partial charge >= 0.3 is 12.4 Å². The second-order valence-electron chi connectivity index (χ2n) is 10.7. The zero-order valence-corrected chi connectivity index (χ0v) is 26.7. The Morgan fingerprint density at radius 2 is 0.837 bits per heavy atom. The molecule has 17 heteroatoms. The van der Waals surface area contributed by atoms with E-state index in [0.717, 1.165) is 13.8 Å². The van der Waals surface area contributed by atoms with Crippen molar-refractivity contribution in [2.75, 3.05) is 0 Å². The van der Waals surface area contributed by atoms with Crippen molar-refractivity contribution >= 4 is 35.0 Å². The summed E-state index contributed by atoms with van der Waals surface area (Å²) in [5.41, 5.74) is -8.14. The van der Waals surface area contributed by atoms with Gasteiger partial charge < -0.3 is 0 Å². The van der Waals surface area contributed by atoms with E-state index in [-0.39, 0.29) is 0 Å². The second kappa shape index (κ2) is 14.2. The van der Waals surface area contributed by atoms with Gasteiger partial charge in [-0.15, -0.1) is 11.8 Å². The number of aryl methyl sites for hydroxylation is 2. The van der Waals surface area contributed by atoms with Crippen LogP contribution in [0.3, 0.4) is 0 Å². The normalized spacial score (nSPS) is 13.8. The van der Waals surface area contributed by atoms with Crippen LogP contribution < -0.4 is 0 Å². The van der Waals surface area contributed by atoms with Crippen LogP contribution in [0.15, 0.2) is 48.5 Å². The van der Waals surface area contributed by atoms with Gasteiger partial charge in [-0.3, -0.25) is 0 Å². The number of benzene rings is 4. The standard InChI is InChI=1S/C32H18Cl2F14S/c1-11-3-21(35)17(13-5-19(33)25(29(39)40)23(37)7-13)9-15(11)27(31(43,44)45)49-28(32(46,47)48)16-10-18(22(36)4-12(16)2)14-6-20(34)26(30(41)42)24(38)8-14/h3-10,27-30H,1-2H3. The monoisotopic (exact) mass is 770 g/mol. The fourth-order valence-electron chi connectivity index (χ4n) is 5.07. The highest BCUT2D eigenvalue weighted by molar-refractivity contribution is 7.99. The zero-order valence-electron chi connectivity index (χ0n) is 24.4. The molecular weight excluding hydrogens is 753 g/mol. The number of rotatable bonds is 8. The maximum atomic E-state index is 15.0. The van der Waals surface area contributed by atoms with Crippen LogP contribution in [0.2, 0.25) is 10.0 Å². The Labute approximate surface area is 283 Å². The van der Waals surface area contributed by atoms with E-state index in [0.29, 0.717) is 48.5 Å². The molecule has 0 aliphatic carbocycles. The van der Waals surface area contributed by atoms with Gasteiger partial charge in [0.05, 0.1) is 21.2 Å². The minimum Gasteiger partial charge on any atom is -0.206 e. The molecular formula is C32H18Cl2F14S. The molecule has 0 nitrogen and oxygen atoms in total. The fraction of sp³-hybridized carbons (Fsp3) is 0.250. The average molecular weight is 771 g/mol. The van der Waals surface area contributed by atoms with Crippen molar-refractivity contribution in [1.29, 1.82) is 0 Å². The fourth-order valence-corrected chi connectivity index (χ4v) is 7.03. The Hall–Kier alpha value is -3.17. The smallest absolute Gasteiger partial charge is 0.206 e. The third-order valence-electron chi connectivity index (χ3n) is 7.36. The number of thioether (sulfide) groups is 1. The van der Waals surface area contributed by atoms with Gasteiger partial charge in [0.1, 0.15) is 33.8 Å². The predicted octanol–water partition coefficient (Wildman–Crippen LogP) is 14.0. The predicted molar refractivity (Wildman–Crippen MR) is 158 cm³/mol. The van der Waals surface area contributed by atoms with Gasteiger partial charge in [-0.1, -0.05) is 23.2 Å². The highest BCUT2D eigenvalue weighted by Gasteiger charge is 2.51. The van der Waals surface area contributed by atoms with E-state index in [1.165, 1.54) is 0 Å². The lowest BCUT2D eigenvalue weighted by molar-refractivity contribution is -0.136. The molecule has 0 heterocycles. The van der Waals surface area contributed by atoms with E-state index in [1.54, 1.807) is 0 Å². The molecule has 2 atom stereocenters. The molecule has 0 aliphatic heterocycles. The first-order valence-corrected chi connectivity index (χ1v) is 15.2. The third kappa shape index (κ3) is 8.09. The number of hydrogen-bond donors (Lipinski definition) is 0. The maximum absolute atomic E-state index is 15.0. The van der Waals surface area contributed by atoms with Crippen molar-refractivity contribution in [3.63, 3.8) is 0 Å². The molecule has 0 bridgehead atoms. The molecule has 264 valence electrons. The van der Waals surface area contributed by atoms with Crippen LogP contribution in [-0.4, -0.2) is 12.4 Å². The van der Waals surface area contributed by atoms with Crippen molar-refractivity contribution in [3.05, 3.63) is 115 Å². The second-order valence-corrected chi connectivity index (χ2v) is 12.7. The van der Waals surface area contributed by atoms with Crippen LogP contribution in [0.1, 0.15) is 56.7 Å². The number of alkyl halides is 10. The zero-order chi connectivity index (χ0) is 36.9. The third-order valence-corrected chi connectivity index (χ3v) is 9.57. The maximum Gasteiger partial charge on any atom is 0.404 e. The summed E-state index contributed by atoms with van der Waals surface area (Å²) in [6.45, 7) is 1.92. The van der Waals surface area contributed by atoms with Gasteiger partial charge in [0.15, 0.2) is 0 Å². The van der Waals surface area contributed by atoms with Gasteiger partial charge in [0, 0.05) is 11.1 Å². The first-order chi connectivity index (χ1) is 22.5. The van der Waals surface area contributed by atoms with E-state index in [2.05, 4.69) is 0 Å². The van der Waals surface area contributed by atoms with Crippen LogP contribution in [0.5, 0.6) is 0 Å². The van der Waals surface area contributed by atoms with Crippen LogP contribution in [0.4, 0.5) is 61.5 Å². The molecule has 4 aromatic carbocycles. The van der Waals surface area contributed by atoms with E-state index in [4.69, 9.17) is 23.2 Å². The lowest BCUT2D eigenvalue weighted by atomic mass is 9.95. The Morgan fingerprint density at radius 1 is 0.510 bits per heavy atom. The van der Waals surface area contributed by atoms with Gasteiger partial charge in [-0.25, -0.2) is 35.1 Å². The summed E-state index contributed by atoms with van der Waals surface area (Å²) < 4.78 is 199. The van der Waals surface area contributed by atoms with Crippen molar-refractivity contribution in [1.82, 2.24) is 0 Å². The van der Waals surface area contributed by atoms with Gasteiger partial charge in [0.25, 0.3) is 12.9 Å². The highest BCUT2D eigenvalue weighted by Crippen LogP contribution is 2.56. The lowest BCUT2D eigenvalue weighted by Crippen LogP contribution is -2.26. The Morgan fingerprint density at radius 3 is 1.10 bits per heavy atom. The summed E-state index contributed by atoms with van der Waals surface area (Å²) in [6, 6.07) is 4.12. The molecule has 4 aromatic rings. The molecule has 2 unspecified atom stereocenters. The van der Waals surface area contributed by atoms with Crippen LogP contribution >= 0.6 is 35.0 Å². The molecule has 49 heavy (non-hydrogen) atoms. The topological polar surface area (TPSA) is 0 Å². The molecule has 4 rings (SSSR count). The van der Waals surface area contributed by atoms with Crippen molar-refractivity contribution < 1.29 is 61.5 Å². The summed E-state index contributed by atoms with van der Waals surface area (Å²) in [6.07, 6.45) is -17.8. The summed E-state index contributed by atoms with van der Waals surface area (Å²) >= 11 is 10.7. The number of hydrogen-bond acceptors (Lipinski definition) is 1. The molecule has 0 saturated heterocycles. The molecule has 0 amide bonds. The lowest BCUT2D eigenvalue weighted by Gasteiger charge is -2.30. The minimum absolute atomic E-state index is 0.380. The molecule has 0 saturated carbocycles. The van der Waals surface area contributed by atoms with E-state index < -0.39 is 136 Å². The van der Waals surface area contributed by atoms with E-state index >= 15 is 8.78 Å². The molecule has 0 N–H and O–H groups in total. The Bertz CT molecular complexity index is 1700. The summed E-state index contributed by atoms with van der Waals surface area (Å²) in [7, 11) is 0. The molecule has 0 aliphatic rings. The van der Waals surface area contributed by atoms with Gasteiger partial charge in [-0.05, 0) is 95.8 Å². The Kier molecular flexibility index (Phi) is 11.2.